The van der Waals surface area contributed by atoms with E-state index in [-0.39, 0.29) is 0 Å². The number of rotatable bonds is 10. The molecule has 1 aromatic rings. The molecule has 108 valence electrons. The van der Waals surface area contributed by atoms with E-state index in [1.54, 1.807) is 0 Å². The molecule has 0 saturated carbocycles. The first-order valence-corrected chi connectivity index (χ1v) is 8.54. The third-order valence-corrected chi connectivity index (χ3v) is 3.42. The van der Waals surface area contributed by atoms with Gasteiger partial charge in [-0.15, -0.1) is 0 Å². The highest BCUT2D eigenvalue weighted by atomic mass is 32.2. The van der Waals surface area contributed by atoms with Crippen LogP contribution in [0.1, 0.15) is 38.9 Å². The van der Waals surface area contributed by atoms with Crippen molar-refractivity contribution in [1.82, 2.24) is 9.97 Å². The maximum atomic E-state index is 4.51. The van der Waals surface area contributed by atoms with Crippen molar-refractivity contribution in [3.63, 3.8) is 0 Å². The van der Waals surface area contributed by atoms with Crippen LogP contribution in [0.15, 0.2) is 6.07 Å². The number of aromatic nitrogens is 2. The predicted octanol–water partition coefficient (Wildman–Crippen LogP) is 3.42. The third kappa shape index (κ3) is 6.66. The fourth-order valence-corrected chi connectivity index (χ4v) is 2.17. The van der Waals surface area contributed by atoms with Gasteiger partial charge in [0.25, 0.3) is 0 Å². The molecule has 2 N–H and O–H groups in total. The van der Waals surface area contributed by atoms with Crippen LogP contribution in [0.3, 0.4) is 0 Å². The van der Waals surface area contributed by atoms with Crippen molar-refractivity contribution in [3.05, 3.63) is 11.9 Å². The zero-order valence-electron chi connectivity index (χ0n) is 12.3. The van der Waals surface area contributed by atoms with Gasteiger partial charge in [-0.3, -0.25) is 0 Å². The minimum Gasteiger partial charge on any atom is -0.370 e. The Balaban J connectivity index is 2.50. The third-order valence-electron chi connectivity index (χ3n) is 2.73. The number of thioether (sulfide) groups is 1. The second-order valence-electron chi connectivity index (χ2n) is 4.46. The summed E-state index contributed by atoms with van der Waals surface area (Å²) in [5.74, 6) is 4.00. The molecule has 0 amide bonds. The minimum atomic E-state index is 0.864. The average molecular weight is 282 g/mol. The van der Waals surface area contributed by atoms with E-state index >= 15 is 0 Å². The van der Waals surface area contributed by atoms with Crippen LogP contribution in [0.2, 0.25) is 0 Å². The molecule has 19 heavy (non-hydrogen) atoms. The topological polar surface area (TPSA) is 49.8 Å². The number of unbranched alkanes of at least 4 members (excludes halogenated alkanes) is 1. The predicted molar refractivity (Wildman–Crippen MR) is 86.3 cm³/mol. The van der Waals surface area contributed by atoms with Crippen molar-refractivity contribution in [1.29, 1.82) is 0 Å². The molecule has 0 radical (unpaired) electrons. The average Bonchev–Trinajstić information content (AvgIpc) is 2.44. The Hall–Kier alpha value is -0.970. The smallest absolute Gasteiger partial charge is 0.132 e. The molecule has 5 heteroatoms. The van der Waals surface area contributed by atoms with Crippen molar-refractivity contribution < 1.29 is 0 Å². The summed E-state index contributed by atoms with van der Waals surface area (Å²) in [6.45, 7) is 6.17. The number of anilines is 2. The lowest BCUT2D eigenvalue weighted by atomic mass is 10.3. The largest absolute Gasteiger partial charge is 0.370 e. The van der Waals surface area contributed by atoms with Crippen LogP contribution in [0.25, 0.3) is 0 Å². The monoisotopic (exact) mass is 282 g/mol. The van der Waals surface area contributed by atoms with Crippen LogP contribution >= 0.6 is 11.8 Å². The van der Waals surface area contributed by atoms with Gasteiger partial charge in [-0.05, 0) is 31.3 Å². The molecule has 0 bridgehead atoms. The Morgan fingerprint density at radius 1 is 1.05 bits per heavy atom. The summed E-state index contributed by atoms with van der Waals surface area (Å²) in [6, 6.07) is 2.00. The molecule has 0 saturated heterocycles. The zero-order chi connectivity index (χ0) is 13.9. The van der Waals surface area contributed by atoms with Gasteiger partial charge in [-0.2, -0.15) is 11.8 Å². The molecular weight excluding hydrogens is 256 g/mol. The number of hydrogen-bond acceptors (Lipinski definition) is 5. The van der Waals surface area contributed by atoms with Crippen LogP contribution in [-0.4, -0.2) is 35.1 Å². The summed E-state index contributed by atoms with van der Waals surface area (Å²) in [5.41, 5.74) is 0. The van der Waals surface area contributed by atoms with Crippen LogP contribution < -0.4 is 10.6 Å². The summed E-state index contributed by atoms with van der Waals surface area (Å²) in [5, 5.41) is 6.72. The van der Waals surface area contributed by atoms with E-state index in [0.29, 0.717) is 0 Å². The lowest BCUT2D eigenvalue weighted by Crippen LogP contribution is -2.09. The van der Waals surface area contributed by atoms with Crippen molar-refractivity contribution in [2.45, 2.75) is 39.5 Å². The maximum absolute atomic E-state index is 4.51. The van der Waals surface area contributed by atoms with E-state index in [9.17, 15) is 0 Å². The Labute approximate surface area is 121 Å². The fourth-order valence-electron chi connectivity index (χ4n) is 1.68. The van der Waals surface area contributed by atoms with E-state index in [0.717, 1.165) is 43.4 Å². The standard InChI is InChI=1S/C14H26N4S/c1-4-8-15-13-11-14(18-12(5-2)17-13)16-9-6-7-10-19-3/h11H,4-10H2,1-3H3,(H2,15,16,17,18). The van der Waals surface area contributed by atoms with Crippen molar-refractivity contribution in [3.8, 4) is 0 Å². The van der Waals surface area contributed by atoms with E-state index < -0.39 is 0 Å². The van der Waals surface area contributed by atoms with Gasteiger partial charge in [0.05, 0.1) is 0 Å². The van der Waals surface area contributed by atoms with E-state index in [1.807, 2.05) is 17.8 Å². The number of nitrogens with zero attached hydrogens (tertiary/aromatic N) is 2. The van der Waals surface area contributed by atoms with Crippen LogP contribution in [0.4, 0.5) is 11.6 Å². The summed E-state index contributed by atoms with van der Waals surface area (Å²) < 4.78 is 0. The van der Waals surface area contributed by atoms with E-state index in [1.165, 1.54) is 18.6 Å². The number of nitrogens with one attached hydrogen (secondary N) is 2. The first-order valence-electron chi connectivity index (χ1n) is 7.14. The van der Waals surface area contributed by atoms with Gasteiger partial charge in [0.15, 0.2) is 0 Å². The number of hydrogen-bond donors (Lipinski definition) is 2. The molecule has 0 unspecified atom stereocenters. The van der Waals surface area contributed by atoms with Gasteiger partial charge in [-0.1, -0.05) is 13.8 Å². The highest BCUT2D eigenvalue weighted by Gasteiger charge is 2.02. The molecule has 0 aliphatic carbocycles. The highest BCUT2D eigenvalue weighted by Crippen LogP contribution is 2.12. The van der Waals surface area contributed by atoms with Crippen LogP contribution in [-0.2, 0) is 6.42 Å². The summed E-state index contributed by atoms with van der Waals surface area (Å²) in [4.78, 5) is 8.99. The summed E-state index contributed by atoms with van der Waals surface area (Å²) >= 11 is 1.90. The molecule has 1 heterocycles. The van der Waals surface area contributed by atoms with Crippen LogP contribution in [0, 0.1) is 0 Å². The molecule has 0 spiro atoms. The maximum Gasteiger partial charge on any atom is 0.132 e. The molecule has 0 aromatic carbocycles. The molecule has 0 aliphatic heterocycles. The Morgan fingerprint density at radius 2 is 1.74 bits per heavy atom. The van der Waals surface area contributed by atoms with Gasteiger partial charge < -0.3 is 10.6 Å². The minimum absolute atomic E-state index is 0.864. The van der Waals surface area contributed by atoms with Gasteiger partial charge in [0.1, 0.15) is 17.5 Å². The Kier molecular flexibility index (Phi) is 8.38. The fraction of sp³-hybridized carbons (Fsp3) is 0.714. The molecule has 1 aromatic heterocycles. The van der Waals surface area contributed by atoms with Crippen LogP contribution in [0.5, 0.6) is 0 Å². The summed E-state index contributed by atoms with van der Waals surface area (Å²) in [7, 11) is 0. The zero-order valence-corrected chi connectivity index (χ0v) is 13.1. The normalized spacial score (nSPS) is 10.5. The molecule has 0 atom stereocenters. The van der Waals surface area contributed by atoms with Crippen molar-refractivity contribution >= 4 is 23.4 Å². The van der Waals surface area contributed by atoms with Gasteiger partial charge in [0, 0.05) is 25.6 Å². The lowest BCUT2D eigenvalue weighted by molar-refractivity contribution is 0.834. The Bertz CT molecular complexity index is 357. The molecule has 1 rings (SSSR count). The highest BCUT2D eigenvalue weighted by molar-refractivity contribution is 7.98. The van der Waals surface area contributed by atoms with Crippen molar-refractivity contribution in [2.24, 2.45) is 0 Å². The Morgan fingerprint density at radius 3 is 2.32 bits per heavy atom. The SMILES string of the molecule is CCCNc1cc(NCCCCSC)nc(CC)n1. The lowest BCUT2D eigenvalue weighted by Gasteiger charge is -2.10. The molecule has 4 nitrogen and oxygen atoms in total. The summed E-state index contributed by atoms with van der Waals surface area (Å²) in [6.07, 6.45) is 6.55. The van der Waals surface area contributed by atoms with Gasteiger partial charge in [-0.25, -0.2) is 9.97 Å². The first-order chi connectivity index (χ1) is 9.30. The first kappa shape index (κ1) is 16.1. The second kappa shape index (κ2) is 9.89. The molecule has 0 fully saturated rings. The molecular formula is C14H26N4S. The second-order valence-corrected chi connectivity index (χ2v) is 5.45. The van der Waals surface area contributed by atoms with Gasteiger partial charge >= 0.3 is 0 Å². The number of aryl methyl sites for hydroxylation is 1. The molecule has 0 aliphatic rings. The quantitative estimate of drug-likeness (QED) is 0.644. The van der Waals surface area contributed by atoms with E-state index in [2.05, 4.69) is 40.7 Å². The van der Waals surface area contributed by atoms with Gasteiger partial charge in [0.2, 0.25) is 0 Å². The van der Waals surface area contributed by atoms with Crippen molar-refractivity contribution in [2.75, 3.05) is 35.7 Å². The van der Waals surface area contributed by atoms with E-state index in [4.69, 9.17) is 0 Å².